The summed E-state index contributed by atoms with van der Waals surface area (Å²) < 4.78 is 34.4. The Hall–Kier alpha value is -2.86. The minimum atomic E-state index is -2.98. The first-order valence-corrected chi connectivity index (χ1v) is 14.0. The molecule has 178 valence electrons. The molecule has 2 unspecified atom stereocenters. The first kappa shape index (κ1) is 22.9. The number of fused-ring (bicyclic) bond motifs is 3. The fraction of sp³-hybridized carbons (Fsp3) is 0.393. The van der Waals surface area contributed by atoms with E-state index in [0.717, 1.165) is 45.5 Å². The molecule has 0 amide bonds. The van der Waals surface area contributed by atoms with E-state index in [1.807, 2.05) is 19.9 Å². The van der Waals surface area contributed by atoms with Crippen molar-refractivity contribution in [3.05, 3.63) is 76.5 Å². The van der Waals surface area contributed by atoms with E-state index in [-0.39, 0.29) is 5.75 Å². The van der Waals surface area contributed by atoms with Crippen LogP contribution in [-0.4, -0.2) is 32.0 Å². The van der Waals surface area contributed by atoms with E-state index in [4.69, 9.17) is 9.47 Å². The fourth-order valence-electron chi connectivity index (χ4n) is 5.13. The molecule has 1 aromatic heterocycles. The van der Waals surface area contributed by atoms with E-state index in [1.165, 1.54) is 30.2 Å². The van der Waals surface area contributed by atoms with Gasteiger partial charge in [-0.2, -0.15) is 0 Å². The molecular weight excluding hydrogens is 446 g/mol. The first-order valence-electron chi connectivity index (χ1n) is 11.9. The van der Waals surface area contributed by atoms with Crippen LogP contribution in [0.1, 0.15) is 46.7 Å². The summed E-state index contributed by atoms with van der Waals surface area (Å²) in [6.45, 7) is 4.87. The summed E-state index contributed by atoms with van der Waals surface area (Å²) in [6.07, 6.45) is 4.26. The van der Waals surface area contributed by atoms with Crippen LogP contribution >= 0.6 is 0 Å². The van der Waals surface area contributed by atoms with Gasteiger partial charge >= 0.3 is 0 Å². The highest BCUT2D eigenvalue weighted by Crippen LogP contribution is 2.56. The zero-order valence-electron chi connectivity index (χ0n) is 20.0. The number of sulfone groups is 1. The normalized spacial score (nSPS) is 18.3. The smallest absolute Gasteiger partial charge is 0.213 e. The van der Waals surface area contributed by atoms with Crippen LogP contribution in [0.25, 0.3) is 11.1 Å². The van der Waals surface area contributed by atoms with Crippen LogP contribution in [0.3, 0.4) is 0 Å². The molecule has 2 aliphatic carbocycles. The van der Waals surface area contributed by atoms with Crippen molar-refractivity contribution in [2.24, 2.45) is 5.92 Å². The standard InChI is InChI=1S/C28H31NO4S/c1-18-12-27(32-10-5-11-34(3,30)31)29-19(2)28(18)21-7-4-6-20(13-21)17-33-24-8-9-25-22(15-24)14-23-16-26(23)25/h4,6-9,12-13,15,23,26H,5,10-11,14,16-17H2,1-3H3. The molecule has 0 spiro atoms. The number of nitrogens with zero attached hydrogens (tertiary/aromatic N) is 1. The van der Waals surface area contributed by atoms with Gasteiger partial charge in [-0.15, -0.1) is 0 Å². The summed E-state index contributed by atoms with van der Waals surface area (Å²) in [4.78, 5) is 4.61. The lowest BCUT2D eigenvalue weighted by atomic mass is 9.98. The van der Waals surface area contributed by atoms with E-state index >= 15 is 0 Å². The second-order valence-electron chi connectivity index (χ2n) is 9.73. The molecule has 5 nitrogen and oxygen atoms in total. The molecule has 0 aliphatic heterocycles. The molecule has 1 saturated carbocycles. The van der Waals surface area contributed by atoms with E-state index < -0.39 is 9.84 Å². The average Bonchev–Trinajstić information content (AvgIpc) is 3.45. The molecule has 1 heterocycles. The first-order chi connectivity index (χ1) is 16.3. The topological polar surface area (TPSA) is 65.5 Å². The van der Waals surface area contributed by atoms with Crippen molar-refractivity contribution in [2.45, 2.75) is 45.6 Å². The maximum atomic E-state index is 11.3. The van der Waals surface area contributed by atoms with Crippen LogP contribution in [-0.2, 0) is 22.9 Å². The zero-order chi connectivity index (χ0) is 23.9. The lowest BCUT2D eigenvalue weighted by molar-refractivity contribution is 0.305. The quantitative estimate of drug-likeness (QED) is 0.385. The predicted molar refractivity (Wildman–Crippen MR) is 134 cm³/mol. The largest absolute Gasteiger partial charge is 0.489 e. The Bertz CT molecular complexity index is 1310. The molecule has 2 aromatic carbocycles. The molecule has 1 fully saturated rings. The Morgan fingerprint density at radius 3 is 2.71 bits per heavy atom. The molecule has 0 saturated heterocycles. The maximum Gasteiger partial charge on any atom is 0.213 e. The van der Waals surface area contributed by atoms with E-state index in [0.29, 0.717) is 25.5 Å². The highest BCUT2D eigenvalue weighted by Gasteiger charge is 2.44. The Balaban J connectivity index is 1.25. The van der Waals surface area contributed by atoms with Crippen molar-refractivity contribution in [3.63, 3.8) is 0 Å². The van der Waals surface area contributed by atoms with Gasteiger partial charge in [-0.25, -0.2) is 13.4 Å². The van der Waals surface area contributed by atoms with Crippen LogP contribution in [0.15, 0.2) is 48.5 Å². The number of benzene rings is 2. The summed E-state index contributed by atoms with van der Waals surface area (Å²) in [5.41, 5.74) is 8.24. The van der Waals surface area contributed by atoms with E-state index in [1.54, 1.807) is 0 Å². The Labute approximate surface area is 202 Å². The molecule has 3 aromatic rings. The van der Waals surface area contributed by atoms with E-state index in [2.05, 4.69) is 47.4 Å². The molecule has 6 heteroatoms. The number of pyridine rings is 1. The van der Waals surface area contributed by atoms with Gasteiger partial charge in [0, 0.05) is 23.6 Å². The van der Waals surface area contributed by atoms with Gasteiger partial charge in [-0.1, -0.05) is 24.3 Å². The van der Waals surface area contributed by atoms with Crippen molar-refractivity contribution < 1.29 is 17.9 Å². The Kier molecular flexibility index (Phi) is 6.11. The van der Waals surface area contributed by atoms with Gasteiger partial charge in [-0.3, -0.25) is 0 Å². The van der Waals surface area contributed by atoms with Crippen LogP contribution in [0, 0.1) is 19.8 Å². The second kappa shape index (κ2) is 9.06. The van der Waals surface area contributed by atoms with Gasteiger partial charge in [0.05, 0.1) is 12.4 Å². The van der Waals surface area contributed by atoms with Crippen molar-refractivity contribution in [2.75, 3.05) is 18.6 Å². The van der Waals surface area contributed by atoms with Gasteiger partial charge in [0.1, 0.15) is 22.2 Å². The fourth-order valence-corrected chi connectivity index (χ4v) is 5.78. The third kappa shape index (κ3) is 5.12. The monoisotopic (exact) mass is 477 g/mol. The van der Waals surface area contributed by atoms with Crippen LogP contribution in [0.5, 0.6) is 11.6 Å². The number of hydrogen-bond donors (Lipinski definition) is 0. The molecular formula is C28H31NO4S. The van der Waals surface area contributed by atoms with Crippen molar-refractivity contribution in [3.8, 4) is 22.8 Å². The minimum absolute atomic E-state index is 0.115. The molecule has 0 bridgehead atoms. The summed E-state index contributed by atoms with van der Waals surface area (Å²) in [5.74, 6) is 3.28. The van der Waals surface area contributed by atoms with Gasteiger partial charge in [-0.05, 0) is 91.0 Å². The van der Waals surface area contributed by atoms with Crippen molar-refractivity contribution in [1.82, 2.24) is 4.98 Å². The lowest BCUT2D eigenvalue weighted by Gasteiger charge is -2.14. The van der Waals surface area contributed by atoms with Gasteiger partial charge in [0.2, 0.25) is 5.88 Å². The number of aromatic nitrogens is 1. The Morgan fingerprint density at radius 2 is 1.91 bits per heavy atom. The highest BCUT2D eigenvalue weighted by atomic mass is 32.2. The van der Waals surface area contributed by atoms with Gasteiger partial charge in [0.25, 0.3) is 0 Å². The molecule has 5 rings (SSSR count). The van der Waals surface area contributed by atoms with Crippen LogP contribution < -0.4 is 9.47 Å². The molecule has 2 aliphatic rings. The maximum absolute atomic E-state index is 11.3. The lowest BCUT2D eigenvalue weighted by Crippen LogP contribution is -2.09. The zero-order valence-corrected chi connectivity index (χ0v) is 20.8. The summed E-state index contributed by atoms with van der Waals surface area (Å²) in [7, 11) is -2.98. The SMILES string of the molecule is Cc1cc(OCCCS(C)(=O)=O)nc(C)c1-c1cccc(COc2ccc3c(c2)CC2CC32)c1. The third-order valence-electron chi connectivity index (χ3n) is 6.82. The van der Waals surface area contributed by atoms with Gasteiger partial charge in [0.15, 0.2) is 0 Å². The summed E-state index contributed by atoms with van der Waals surface area (Å²) in [6, 6.07) is 16.9. The summed E-state index contributed by atoms with van der Waals surface area (Å²) >= 11 is 0. The van der Waals surface area contributed by atoms with Crippen molar-refractivity contribution in [1.29, 1.82) is 0 Å². The van der Waals surface area contributed by atoms with Crippen LogP contribution in [0.2, 0.25) is 0 Å². The minimum Gasteiger partial charge on any atom is -0.489 e. The highest BCUT2D eigenvalue weighted by molar-refractivity contribution is 7.90. The molecule has 2 atom stereocenters. The second-order valence-corrected chi connectivity index (χ2v) is 12.0. The summed E-state index contributed by atoms with van der Waals surface area (Å²) in [5, 5.41) is 0. The average molecular weight is 478 g/mol. The van der Waals surface area contributed by atoms with Crippen LogP contribution in [0.4, 0.5) is 0 Å². The Morgan fingerprint density at radius 1 is 1.06 bits per heavy atom. The third-order valence-corrected chi connectivity index (χ3v) is 7.85. The molecule has 0 N–H and O–H groups in total. The van der Waals surface area contributed by atoms with Crippen molar-refractivity contribution >= 4 is 9.84 Å². The predicted octanol–water partition coefficient (Wildman–Crippen LogP) is 5.42. The number of rotatable bonds is 9. The van der Waals surface area contributed by atoms with Gasteiger partial charge < -0.3 is 9.47 Å². The molecule has 34 heavy (non-hydrogen) atoms. The number of aryl methyl sites for hydroxylation is 2. The molecule has 0 radical (unpaired) electrons. The number of ether oxygens (including phenoxy) is 2. The van der Waals surface area contributed by atoms with E-state index in [9.17, 15) is 8.42 Å². The number of hydrogen-bond acceptors (Lipinski definition) is 5.